The molecule has 1 heterocycles. The van der Waals surface area contributed by atoms with Crippen LogP contribution in [-0.4, -0.2) is 77.1 Å². The van der Waals surface area contributed by atoms with Gasteiger partial charge in [0.05, 0.1) is 37.9 Å². The number of carbonyl (C=O) groups is 4. The van der Waals surface area contributed by atoms with Gasteiger partial charge in [-0.15, -0.1) is 0 Å². The Morgan fingerprint density at radius 3 is 2.39 bits per heavy atom. The fourth-order valence-corrected chi connectivity index (χ4v) is 12.3. The number of carbonyl (C=O) groups excluding carboxylic acids is 4. The van der Waals surface area contributed by atoms with Gasteiger partial charge in [0.1, 0.15) is 11.7 Å². The summed E-state index contributed by atoms with van der Waals surface area (Å²) in [5.41, 5.74) is -0.248. The molecule has 0 saturated heterocycles. The number of ether oxygens (including phenoxy) is 3. The largest absolute Gasteiger partial charge is 0.466 e. The minimum atomic E-state index is -1.37. The minimum absolute atomic E-state index is 0.0345. The Bertz CT molecular complexity index is 1680. The lowest BCUT2D eigenvalue weighted by molar-refractivity contribution is -0.185. The molecular weight excluding hydrogens is 592 g/mol. The van der Waals surface area contributed by atoms with Crippen LogP contribution in [0.15, 0.2) is 45.1 Å². The van der Waals surface area contributed by atoms with E-state index < -0.39 is 64.4 Å². The Hall–Kier alpha value is -3.08. The Morgan fingerprint density at radius 1 is 1.02 bits per heavy atom. The third-order valence-corrected chi connectivity index (χ3v) is 14.2. The van der Waals surface area contributed by atoms with Crippen LogP contribution in [0, 0.1) is 52.3 Å². The third kappa shape index (κ3) is 3.19. The molecule has 0 radical (unpaired) electrons. The highest BCUT2D eigenvalue weighted by atomic mass is 16.6. The van der Waals surface area contributed by atoms with Gasteiger partial charge in [-0.1, -0.05) is 25.0 Å². The SMILES string of the molecule is COC(=O)/C=C(\C)C[C@]1(O)[C@H]2CC3=C(CO)C(=O)O[C@@]34[C@@H]3C5=C(C[C@H]4[C@@]2(C)[C@@H]2C[C@@H]21)[C@H]1C[C@H]1[C@]5(C)[C@@H](O)C(=O)/C3=C(/C)C(=O)OC. The number of rotatable bonds is 5. The molecule has 0 aromatic carbocycles. The first-order valence-electron chi connectivity index (χ1n) is 16.5. The predicted octanol–water partition coefficient (Wildman–Crippen LogP) is 2.51. The van der Waals surface area contributed by atoms with E-state index >= 15 is 0 Å². The first kappa shape index (κ1) is 30.3. The van der Waals surface area contributed by atoms with Crippen molar-refractivity contribution in [2.45, 2.75) is 77.1 Å². The Kier molecular flexibility index (Phi) is 5.97. The second-order valence-electron chi connectivity index (χ2n) is 15.7. The van der Waals surface area contributed by atoms with Gasteiger partial charge in [-0.3, -0.25) is 4.79 Å². The first-order chi connectivity index (χ1) is 21.7. The second-order valence-corrected chi connectivity index (χ2v) is 15.7. The van der Waals surface area contributed by atoms with Crippen molar-refractivity contribution in [2.24, 2.45) is 52.3 Å². The summed E-state index contributed by atoms with van der Waals surface area (Å²) < 4.78 is 16.5. The van der Waals surface area contributed by atoms with Gasteiger partial charge in [-0.2, -0.15) is 0 Å². The molecule has 3 N–H and O–H groups in total. The number of methoxy groups -OCH3 is 2. The number of allylic oxidation sites excluding steroid dienone is 1. The van der Waals surface area contributed by atoms with E-state index in [4.69, 9.17) is 14.2 Å². The third-order valence-electron chi connectivity index (χ3n) is 14.2. The fraction of sp³-hybridized carbons (Fsp3) is 0.667. The van der Waals surface area contributed by atoms with E-state index in [0.29, 0.717) is 17.6 Å². The zero-order valence-electron chi connectivity index (χ0n) is 27.1. The molecule has 8 rings (SSSR count). The van der Waals surface area contributed by atoms with Crippen LogP contribution >= 0.6 is 0 Å². The Morgan fingerprint density at radius 2 is 1.74 bits per heavy atom. The van der Waals surface area contributed by atoms with E-state index in [1.54, 1.807) is 0 Å². The van der Waals surface area contributed by atoms with Crippen LogP contribution in [0.4, 0.5) is 0 Å². The predicted molar refractivity (Wildman–Crippen MR) is 160 cm³/mol. The van der Waals surface area contributed by atoms with Crippen LogP contribution in [0.1, 0.15) is 59.8 Å². The van der Waals surface area contributed by atoms with Crippen LogP contribution < -0.4 is 0 Å². The topological polar surface area (TPSA) is 157 Å². The lowest BCUT2D eigenvalue weighted by Gasteiger charge is -2.63. The molecule has 10 nitrogen and oxygen atoms in total. The van der Waals surface area contributed by atoms with Crippen LogP contribution in [0.25, 0.3) is 0 Å². The van der Waals surface area contributed by atoms with Gasteiger partial charge in [-0.25, -0.2) is 14.4 Å². The van der Waals surface area contributed by atoms with Crippen molar-refractivity contribution in [2.75, 3.05) is 20.8 Å². The quantitative estimate of drug-likeness (QED) is 0.178. The summed E-state index contributed by atoms with van der Waals surface area (Å²) in [4.78, 5) is 53.5. The maximum atomic E-state index is 14.4. The monoisotopic (exact) mass is 634 g/mol. The van der Waals surface area contributed by atoms with Gasteiger partial charge >= 0.3 is 17.9 Å². The van der Waals surface area contributed by atoms with Crippen LogP contribution in [0.3, 0.4) is 0 Å². The highest BCUT2D eigenvalue weighted by Gasteiger charge is 2.83. The number of aliphatic hydroxyl groups excluding tert-OH is 2. The molecular formula is C36H42O10. The molecule has 10 heteroatoms. The number of aliphatic hydroxyl groups is 3. The molecule has 0 amide bonds. The molecule has 5 fully saturated rings. The molecule has 5 saturated carbocycles. The molecule has 0 unspecified atom stereocenters. The van der Waals surface area contributed by atoms with E-state index in [1.807, 2.05) is 13.8 Å². The second kappa shape index (κ2) is 9.08. The summed E-state index contributed by atoms with van der Waals surface area (Å²) in [5, 5.41) is 35.0. The minimum Gasteiger partial charge on any atom is -0.466 e. The van der Waals surface area contributed by atoms with Crippen molar-refractivity contribution in [3.05, 3.63) is 45.1 Å². The van der Waals surface area contributed by atoms with Crippen molar-refractivity contribution in [1.82, 2.24) is 0 Å². The molecule has 46 heavy (non-hydrogen) atoms. The van der Waals surface area contributed by atoms with Gasteiger partial charge in [0.15, 0.2) is 5.78 Å². The van der Waals surface area contributed by atoms with E-state index in [1.165, 1.54) is 32.8 Å². The summed E-state index contributed by atoms with van der Waals surface area (Å²) in [7, 11) is 2.56. The van der Waals surface area contributed by atoms with E-state index in [-0.39, 0.29) is 65.1 Å². The highest BCUT2D eigenvalue weighted by Crippen LogP contribution is 2.83. The summed E-state index contributed by atoms with van der Waals surface area (Å²) in [5.74, 6) is -3.53. The zero-order chi connectivity index (χ0) is 33.0. The summed E-state index contributed by atoms with van der Waals surface area (Å²) in [6.45, 7) is 6.91. The van der Waals surface area contributed by atoms with Crippen molar-refractivity contribution in [3.63, 3.8) is 0 Å². The van der Waals surface area contributed by atoms with Gasteiger partial charge in [-0.05, 0) is 92.1 Å². The van der Waals surface area contributed by atoms with Crippen LogP contribution in [-0.2, 0) is 33.4 Å². The molecule has 0 aromatic rings. The van der Waals surface area contributed by atoms with Crippen molar-refractivity contribution >= 4 is 23.7 Å². The average Bonchev–Trinajstić information content (AvgIpc) is 3.93. The number of fused-ring (bicyclic) bond motifs is 7. The smallest absolute Gasteiger partial charge is 0.337 e. The molecule has 0 bridgehead atoms. The van der Waals surface area contributed by atoms with Gasteiger partial charge in [0.2, 0.25) is 0 Å². The lowest BCUT2D eigenvalue weighted by Crippen LogP contribution is -2.67. The van der Waals surface area contributed by atoms with E-state index in [0.717, 1.165) is 18.4 Å². The normalized spacial score (nSPS) is 48.5. The van der Waals surface area contributed by atoms with Crippen molar-refractivity contribution in [3.8, 4) is 0 Å². The Labute approximate surface area is 267 Å². The summed E-state index contributed by atoms with van der Waals surface area (Å²) in [6, 6.07) is 0. The van der Waals surface area contributed by atoms with Crippen LogP contribution in [0.2, 0.25) is 0 Å². The Balaban J connectivity index is 1.38. The van der Waals surface area contributed by atoms with Crippen LogP contribution in [0.5, 0.6) is 0 Å². The standard InChI is InChI=1S/C36H42O10/c1-14(7-25(38)44-5)12-35(43)22-10-21(22)33(3)23(35)11-20-18(13-37)32(42)46-36(20)24(33)9-17-16-8-19(16)34(4)27(17)28(36)26(29(39)30(34)40)15(2)31(41)45-6/h7,16,19,21-24,28,30,37,40,43H,8-13H2,1-6H3/b14-7+,26-15-/t16-,19-,21-,22+,23+,24+,28+,30+,33+,34+,35-,36+/m1/s1. The zero-order valence-corrected chi connectivity index (χ0v) is 27.1. The molecule has 7 aliphatic carbocycles. The molecule has 246 valence electrons. The summed E-state index contributed by atoms with van der Waals surface area (Å²) in [6.07, 6.45) is 2.80. The van der Waals surface area contributed by atoms with E-state index in [2.05, 4.69) is 6.92 Å². The van der Waals surface area contributed by atoms with E-state index in [9.17, 15) is 34.5 Å². The molecule has 12 atom stereocenters. The summed E-state index contributed by atoms with van der Waals surface area (Å²) >= 11 is 0. The van der Waals surface area contributed by atoms with Gasteiger partial charge < -0.3 is 29.5 Å². The number of ketones is 1. The number of hydrogen-bond donors (Lipinski definition) is 3. The number of esters is 3. The van der Waals surface area contributed by atoms with Gasteiger partial charge in [0.25, 0.3) is 0 Å². The molecule has 8 aliphatic rings. The highest BCUT2D eigenvalue weighted by molar-refractivity contribution is 6.09. The molecule has 1 spiro atoms. The average molecular weight is 635 g/mol. The number of hydrogen-bond acceptors (Lipinski definition) is 10. The first-order valence-corrected chi connectivity index (χ1v) is 16.5. The maximum Gasteiger partial charge on any atom is 0.337 e. The number of Topliss-reactive ketones (excluding diaryl/α,β-unsaturated/α-hetero) is 1. The van der Waals surface area contributed by atoms with Crippen molar-refractivity contribution < 1.29 is 48.7 Å². The van der Waals surface area contributed by atoms with Gasteiger partial charge in [0, 0.05) is 28.6 Å². The van der Waals surface area contributed by atoms with Crippen molar-refractivity contribution in [1.29, 1.82) is 0 Å². The molecule has 1 aliphatic heterocycles. The molecule has 0 aromatic heterocycles. The maximum absolute atomic E-state index is 14.4. The lowest BCUT2D eigenvalue weighted by atomic mass is 9.42. The fourth-order valence-electron chi connectivity index (χ4n) is 12.3.